The van der Waals surface area contributed by atoms with Gasteiger partial charge in [0, 0.05) is 0 Å². The third-order valence-corrected chi connectivity index (χ3v) is 4.38. The van der Waals surface area contributed by atoms with Crippen molar-refractivity contribution in [1.82, 2.24) is 0 Å². The Balaban J connectivity index is 0.000000980. The van der Waals surface area contributed by atoms with E-state index >= 15 is 0 Å². The third kappa shape index (κ3) is 2.64. The SMILES string of the molecule is CC1CC[N+]2(CC1)CCC(C)CC2.[Cl-]. The standard InChI is InChI=1S/C12H24N.ClH/c1-11-3-7-13(8-4-11)9-5-12(2)6-10-13;/h11-12H,3-10H2,1-2H3;1H/q+1;/p-1. The van der Waals surface area contributed by atoms with Crippen molar-refractivity contribution in [2.45, 2.75) is 39.5 Å². The first-order valence-electron chi connectivity index (χ1n) is 6.05. The summed E-state index contributed by atoms with van der Waals surface area (Å²) in [6, 6.07) is 0. The summed E-state index contributed by atoms with van der Waals surface area (Å²) in [5.41, 5.74) is 0. The summed E-state index contributed by atoms with van der Waals surface area (Å²) >= 11 is 0. The van der Waals surface area contributed by atoms with Crippen molar-refractivity contribution in [2.24, 2.45) is 11.8 Å². The van der Waals surface area contributed by atoms with Gasteiger partial charge in [0.15, 0.2) is 0 Å². The Bertz CT molecular complexity index is 142. The number of halogens is 1. The molecule has 0 aromatic heterocycles. The maximum Gasteiger partial charge on any atom is 0.0789 e. The van der Waals surface area contributed by atoms with E-state index in [0.29, 0.717) is 0 Å². The van der Waals surface area contributed by atoms with Crippen LogP contribution in [0, 0.1) is 11.8 Å². The van der Waals surface area contributed by atoms with Gasteiger partial charge in [-0.2, -0.15) is 0 Å². The lowest BCUT2D eigenvalue weighted by molar-refractivity contribution is -0.938. The zero-order chi connectivity index (χ0) is 9.31. The van der Waals surface area contributed by atoms with E-state index in [1.807, 2.05) is 0 Å². The molecule has 0 aromatic rings. The molecule has 2 fully saturated rings. The van der Waals surface area contributed by atoms with Crippen LogP contribution in [-0.2, 0) is 0 Å². The molecule has 1 spiro atoms. The van der Waals surface area contributed by atoms with Crippen LogP contribution in [0.15, 0.2) is 0 Å². The summed E-state index contributed by atoms with van der Waals surface area (Å²) in [7, 11) is 0. The number of rotatable bonds is 0. The maximum absolute atomic E-state index is 2.42. The second kappa shape index (κ2) is 4.85. The zero-order valence-electron chi connectivity index (χ0n) is 9.64. The number of nitrogens with zero attached hydrogens (tertiary/aromatic N) is 1. The highest BCUT2D eigenvalue weighted by atomic mass is 35.5. The Hall–Kier alpha value is 0.250. The van der Waals surface area contributed by atoms with Crippen molar-refractivity contribution in [3.8, 4) is 0 Å². The van der Waals surface area contributed by atoms with Gasteiger partial charge in [0.25, 0.3) is 0 Å². The molecule has 0 N–H and O–H groups in total. The Morgan fingerprint density at radius 1 is 0.714 bits per heavy atom. The molecule has 0 aromatic carbocycles. The molecule has 14 heavy (non-hydrogen) atoms. The van der Waals surface area contributed by atoms with Gasteiger partial charge < -0.3 is 16.9 Å². The van der Waals surface area contributed by atoms with E-state index in [0.717, 1.165) is 11.8 Å². The van der Waals surface area contributed by atoms with Crippen molar-refractivity contribution >= 4 is 0 Å². The van der Waals surface area contributed by atoms with Crippen LogP contribution in [0.3, 0.4) is 0 Å². The maximum atomic E-state index is 2.42. The number of hydrogen-bond acceptors (Lipinski definition) is 0. The van der Waals surface area contributed by atoms with Gasteiger partial charge in [-0.15, -0.1) is 0 Å². The predicted molar refractivity (Wildman–Crippen MR) is 56.5 cm³/mol. The number of piperidine rings is 2. The molecular weight excluding hydrogens is 194 g/mol. The third-order valence-electron chi connectivity index (χ3n) is 4.38. The van der Waals surface area contributed by atoms with E-state index in [1.165, 1.54) is 56.3 Å². The minimum atomic E-state index is 0. The highest BCUT2D eigenvalue weighted by molar-refractivity contribution is 4.66. The molecule has 0 saturated carbocycles. The van der Waals surface area contributed by atoms with Gasteiger partial charge in [0.1, 0.15) is 0 Å². The second-order valence-corrected chi connectivity index (χ2v) is 5.60. The lowest BCUT2D eigenvalue weighted by atomic mass is 9.90. The molecule has 2 aliphatic heterocycles. The summed E-state index contributed by atoms with van der Waals surface area (Å²) in [5.74, 6) is 2.01. The van der Waals surface area contributed by atoms with Crippen LogP contribution in [0.25, 0.3) is 0 Å². The van der Waals surface area contributed by atoms with Crippen LogP contribution in [0.2, 0.25) is 0 Å². The molecule has 1 nitrogen and oxygen atoms in total. The fourth-order valence-corrected chi connectivity index (χ4v) is 2.94. The fraction of sp³-hybridized carbons (Fsp3) is 1.00. The first kappa shape index (κ1) is 12.3. The number of hydrogen-bond donors (Lipinski definition) is 0. The van der Waals surface area contributed by atoms with Crippen LogP contribution in [0.4, 0.5) is 0 Å². The molecular formula is C12H24ClN. The highest BCUT2D eigenvalue weighted by Gasteiger charge is 2.35. The first-order chi connectivity index (χ1) is 6.20. The molecule has 0 amide bonds. The first-order valence-corrected chi connectivity index (χ1v) is 6.05. The number of quaternary nitrogens is 1. The van der Waals surface area contributed by atoms with E-state index < -0.39 is 0 Å². The van der Waals surface area contributed by atoms with Crippen LogP contribution in [0.1, 0.15) is 39.5 Å². The Morgan fingerprint density at radius 2 is 1.00 bits per heavy atom. The smallest absolute Gasteiger partial charge is 0.0789 e. The molecule has 0 aliphatic carbocycles. The molecule has 0 bridgehead atoms. The van der Waals surface area contributed by atoms with Crippen LogP contribution >= 0.6 is 0 Å². The van der Waals surface area contributed by atoms with Crippen molar-refractivity contribution in [3.63, 3.8) is 0 Å². The minimum Gasteiger partial charge on any atom is -1.00 e. The largest absolute Gasteiger partial charge is 1.00 e. The van der Waals surface area contributed by atoms with Crippen LogP contribution in [-0.4, -0.2) is 30.7 Å². The van der Waals surface area contributed by atoms with E-state index in [4.69, 9.17) is 0 Å². The molecule has 2 aliphatic rings. The quantitative estimate of drug-likeness (QED) is 0.488. The van der Waals surface area contributed by atoms with Crippen molar-refractivity contribution < 1.29 is 16.9 Å². The molecule has 2 saturated heterocycles. The van der Waals surface area contributed by atoms with Gasteiger partial charge in [-0.3, -0.25) is 0 Å². The van der Waals surface area contributed by atoms with E-state index in [2.05, 4.69) is 13.8 Å². The molecule has 2 heteroatoms. The minimum absolute atomic E-state index is 0. The molecule has 0 radical (unpaired) electrons. The molecule has 2 rings (SSSR count). The second-order valence-electron chi connectivity index (χ2n) is 5.60. The Labute approximate surface area is 94.9 Å². The van der Waals surface area contributed by atoms with Gasteiger partial charge in [-0.1, -0.05) is 13.8 Å². The molecule has 2 heterocycles. The molecule has 0 unspecified atom stereocenters. The predicted octanol–water partition coefficient (Wildman–Crippen LogP) is -0.333. The van der Waals surface area contributed by atoms with Crippen molar-refractivity contribution in [3.05, 3.63) is 0 Å². The topological polar surface area (TPSA) is 0 Å². The average molecular weight is 218 g/mol. The van der Waals surface area contributed by atoms with Crippen LogP contribution < -0.4 is 12.4 Å². The Morgan fingerprint density at radius 3 is 1.29 bits per heavy atom. The van der Waals surface area contributed by atoms with Crippen LogP contribution in [0.5, 0.6) is 0 Å². The summed E-state index contributed by atoms with van der Waals surface area (Å²) in [6.45, 7) is 10.8. The van der Waals surface area contributed by atoms with Gasteiger partial charge in [0.2, 0.25) is 0 Å². The van der Waals surface area contributed by atoms with Crippen molar-refractivity contribution in [1.29, 1.82) is 0 Å². The molecule has 0 atom stereocenters. The Kier molecular flexibility index (Phi) is 4.27. The lowest BCUT2D eigenvalue weighted by Crippen LogP contribution is -3.00. The van der Waals surface area contributed by atoms with E-state index in [-0.39, 0.29) is 12.4 Å². The summed E-state index contributed by atoms with van der Waals surface area (Å²) < 4.78 is 1.48. The fourth-order valence-electron chi connectivity index (χ4n) is 2.94. The summed E-state index contributed by atoms with van der Waals surface area (Å²) in [6.07, 6.45) is 5.92. The van der Waals surface area contributed by atoms with Gasteiger partial charge >= 0.3 is 0 Å². The van der Waals surface area contributed by atoms with Gasteiger partial charge in [-0.25, -0.2) is 0 Å². The summed E-state index contributed by atoms with van der Waals surface area (Å²) in [5, 5.41) is 0. The molecule has 84 valence electrons. The lowest BCUT2D eigenvalue weighted by Gasteiger charge is -2.46. The van der Waals surface area contributed by atoms with Crippen molar-refractivity contribution in [2.75, 3.05) is 26.2 Å². The summed E-state index contributed by atoms with van der Waals surface area (Å²) in [4.78, 5) is 0. The monoisotopic (exact) mass is 217 g/mol. The van der Waals surface area contributed by atoms with E-state index in [9.17, 15) is 0 Å². The normalized spacial score (nSPS) is 43.3. The zero-order valence-corrected chi connectivity index (χ0v) is 10.4. The highest BCUT2D eigenvalue weighted by Crippen LogP contribution is 2.29. The van der Waals surface area contributed by atoms with Gasteiger partial charge in [0.05, 0.1) is 26.2 Å². The average Bonchev–Trinajstić information content (AvgIpc) is 2.16. The van der Waals surface area contributed by atoms with E-state index in [1.54, 1.807) is 0 Å². The van der Waals surface area contributed by atoms with Gasteiger partial charge in [-0.05, 0) is 37.5 Å².